The molecule has 1 saturated carbocycles. The van der Waals surface area contributed by atoms with Crippen LogP contribution in [0.1, 0.15) is 50.7 Å². The van der Waals surface area contributed by atoms with Crippen molar-refractivity contribution in [3.8, 4) is 0 Å². The van der Waals surface area contributed by atoms with E-state index in [0.717, 1.165) is 28.9 Å². The Kier molecular flexibility index (Phi) is 6.06. The van der Waals surface area contributed by atoms with Crippen LogP contribution in [0, 0.1) is 5.92 Å². The van der Waals surface area contributed by atoms with Gasteiger partial charge in [-0.25, -0.2) is 0 Å². The number of rotatable bonds is 5. The quantitative estimate of drug-likeness (QED) is 0.860. The molecule has 1 aromatic carbocycles. The van der Waals surface area contributed by atoms with E-state index in [-0.39, 0.29) is 6.10 Å². The van der Waals surface area contributed by atoms with Crippen LogP contribution in [0.25, 0.3) is 0 Å². The Labute approximate surface area is 131 Å². The minimum Gasteiger partial charge on any atom is -0.388 e. The predicted octanol–water partition coefficient (Wildman–Crippen LogP) is 4.38. The van der Waals surface area contributed by atoms with Gasteiger partial charge in [0.25, 0.3) is 0 Å². The molecule has 3 unspecified atom stereocenters. The minimum atomic E-state index is -0.357. The third-order valence-corrected chi connectivity index (χ3v) is 5.17. The maximum atomic E-state index is 10.3. The van der Waals surface area contributed by atoms with E-state index in [9.17, 15) is 5.11 Å². The van der Waals surface area contributed by atoms with Gasteiger partial charge in [0, 0.05) is 17.1 Å². The summed E-state index contributed by atoms with van der Waals surface area (Å²) < 4.78 is 1.06. The SMILES string of the molecule is CC1CCCCC1N(C)CCC(O)c1ccc(Br)cc1. The lowest BCUT2D eigenvalue weighted by atomic mass is 9.85. The maximum Gasteiger partial charge on any atom is 0.0802 e. The van der Waals surface area contributed by atoms with Crippen molar-refractivity contribution in [1.82, 2.24) is 4.90 Å². The van der Waals surface area contributed by atoms with E-state index >= 15 is 0 Å². The van der Waals surface area contributed by atoms with Crippen LogP contribution in [0.15, 0.2) is 28.7 Å². The molecule has 0 aromatic heterocycles. The molecule has 1 aliphatic carbocycles. The first-order valence-electron chi connectivity index (χ1n) is 7.71. The normalized spacial score (nSPS) is 24.9. The minimum absolute atomic E-state index is 0.357. The second-order valence-corrected chi connectivity index (χ2v) is 7.08. The first kappa shape index (κ1) is 16.0. The molecule has 0 amide bonds. The Balaban J connectivity index is 1.83. The largest absolute Gasteiger partial charge is 0.388 e. The number of benzene rings is 1. The zero-order valence-electron chi connectivity index (χ0n) is 12.6. The number of hydrogen-bond donors (Lipinski definition) is 1. The first-order chi connectivity index (χ1) is 9.58. The Morgan fingerprint density at radius 2 is 1.90 bits per heavy atom. The summed E-state index contributed by atoms with van der Waals surface area (Å²) in [4.78, 5) is 2.45. The topological polar surface area (TPSA) is 23.5 Å². The van der Waals surface area contributed by atoms with Gasteiger partial charge in [0.15, 0.2) is 0 Å². The van der Waals surface area contributed by atoms with Gasteiger partial charge in [0.05, 0.1) is 6.10 Å². The molecule has 1 N–H and O–H groups in total. The Morgan fingerprint density at radius 3 is 2.55 bits per heavy atom. The van der Waals surface area contributed by atoms with Crippen LogP contribution in [0.5, 0.6) is 0 Å². The van der Waals surface area contributed by atoms with Crippen molar-refractivity contribution >= 4 is 15.9 Å². The van der Waals surface area contributed by atoms with Gasteiger partial charge in [-0.05, 0) is 49.9 Å². The predicted molar refractivity (Wildman–Crippen MR) is 87.8 cm³/mol. The van der Waals surface area contributed by atoms with E-state index in [1.165, 1.54) is 25.7 Å². The van der Waals surface area contributed by atoms with E-state index < -0.39 is 0 Å². The fourth-order valence-electron chi connectivity index (χ4n) is 3.29. The summed E-state index contributed by atoms with van der Waals surface area (Å²) >= 11 is 3.43. The molecule has 0 aliphatic heterocycles. The lowest BCUT2D eigenvalue weighted by Crippen LogP contribution is -2.39. The van der Waals surface area contributed by atoms with Gasteiger partial charge >= 0.3 is 0 Å². The van der Waals surface area contributed by atoms with E-state index in [2.05, 4.69) is 34.8 Å². The van der Waals surface area contributed by atoms with E-state index in [4.69, 9.17) is 0 Å². The zero-order chi connectivity index (χ0) is 14.5. The number of nitrogens with zero attached hydrogens (tertiary/aromatic N) is 1. The molecule has 0 bridgehead atoms. The smallest absolute Gasteiger partial charge is 0.0802 e. The van der Waals surface area contributed by atoms with Gasteiger partial charge in [0.2, 0.25) is 0 Å². The molecule has 0 spiro atoms. The number of aliphatic hydroxyl groups excluding tert-OH is 1. The molecule has 1 aromatic rings. The van der Waals surface area contributed by atoms with Crippen molar-refractivity contribution in [2.75, 3.05) is 13.6 Å². The summed E-state index contributed by atoms with van der Waals surface area (Å²) in [7, 11) is 2.21. The van der Waals surface area contributed by atoms with Gasteiger partial charge < -0.3 is 10.0 Å². The van der Waals surface area contributed by atoms with Crippen molar-refractivity contribution in [1.29, 1.82) is 0 Å². The molecule has 1 fully saturated rings. The summed E-state index contributed by atoms with van der Waals surface area (Å²) in [5, 5.41) is 10.3. The number of halogens is 1. The molecular weight excluding hydrogens is 314 g/mol. The highest BCUT2D eigenvalue weighted by atomic mass is 79.9. The molecule has 20 heavy (non-hydrogen) atoms. The van der Waals surface area contributed by atoms with Crippen LogP contribution in [0.2, 0.25) is 0 Å². The van der Waals surface area contributed by atoms with Crippen LogP contribution in [0.3, 0.4) is 0 Å². The highest BCUT2D eigenvalue weighted by Crippen LogP contribution is 2.28. The molecule has 3 atom stereocenters. The standard InChI is InChI=1S/C17H26BrNO/c1-13-5-3-4-6-16(13)19(2)12-11-17(20)14-7-9-15(18)10-8-14/h7-10,13,16-17,20H,3-6,11-12H2,1-2H3. The lowest BCUT2D eigenvalue weighted by Gasteiger charge is -2.36. The van der Waals surface area contributed by atoms with Gasteiger partial charge in [-0.2, -0.15) is 0 Å². The summed E-state index contributed by atoms with van der Waals surface area (Å²) in [6.45, 7) is 3.33. The highest BCUT2D eigenvalue weighted by Gasteiger charge is 2.25. The second kappa shape index (κ2) is 7.58. The molecule has 0 heterocycles. The van der Waals surface area contributed by atoms with Crippen molar-refractivity contribution in [3.05, 3.63) is 34.3 Å². The van der Waals surface area contributed by atoms with Crippen LogP contribution < -0.4 is 0 Å². The number of aliphatic hydroxyl groups is 1. The second-order valence-electron chi connectivity index (χ2n) is 6.17. The van der Waals surface area contributed by atoms with E-state index in [1.54, 1.807) is 0 Å². The van der Waals surface area contributed by atoms with Crippen molar-refractivity contribution in [2.24, 2.45) is 5.92 Å². The van der Waals surface area contributed by atoms with Crippen LogP contribution in [-0.4, -0.2) is 29.6 Å². The van der Waals surface area contributed by atoms with Crippen LogP contribution >= 0.6 is 15.9 Å². The molecular formula is C17H26BrNO. The number of hydrogen-bond acceptors (Lipinski definition) is 2. The van der Waals surface area contributed by atoms with Gasteiger partial charge in [-0.3, -0.25) is 0 Å². The van der Waals surface area contributed by atoms with Crippen LogP contribution in [-0.2, 0) is 0 Å². The highest BCUT2D eigenvalue weighted by molar-refractivity contribution is 9.10. The summed E-state index contributed by atoms with van der Waals surface area (Å²) in [6.07, 6.45) is 5.85. The molecule has 3 heteroatoms. The van der Waals surface area contributed by atoms with Crippen molar-refractivity contribution < 1.29 is 5.11 Å². The Morgan fingerprint density at radius 1 is 1.25 bits per heavy atom. The van der Waals surface area contributed by atoms with Crippen LogP contribution in [0.4, 0.5) is 0 Å². The van der Waals surface area contributed by atoms with Gasteiger partial charge in [0.1, 0.15) is 0 Å². The molecule has 2 rings (SSSR count). The summed E-state index contributed by atoms with van der Waals surface area (Å²) in [5.41, 5.74) is 1.01. The van der Waals surface area contributed by atoms with Gasteiger partial charge in [-0.1, -0.05) is 47.8 Å². The molecule has 112 valence electrons. The van der Waals surface area contributed by atoms with Crippen molar-refractivity contribution in [3.63, 3.8) is 0 Å². The molecule has 1 aliphatic rings. The van der Waals surface area contributed by atoms with E-state index in [1.807, 2.05) is 24.3 Å². The Hall–Kier alpha value is -0.380. The third-order valence-electron chi connectivity index (χ3n) is 4.64. The fourth-order valence-corrected chi connectivity index (χ4v) is 3.56. The van der Waals surface area contributed by atoms with Gasteiger partial charge in [-0.15, -0.1) is 0 Å². The Bertz CT molecular complexity index is 406. The fraction of sp³-hybridized carbons (Fsp3) is 0.647. The average molecular weight is 340 g/mol. The molecule has 2 nitrogen and oxygen atoms in total. The molecule has 0 radical (unpaired) electrons. The molecule has 0 saturated heterocycles. The third kappa shape index (κ3) is 4.31. The first-order valence-corrected chi connectivity index (χ1v) is 8.51. The maximum absolute atomic E-state index is 10.3. The summed E-state index contributed by atoms with van der Waals surface area (Å²) in [6, 6.07) is 8.67. The van der Waals surface area contributed by atoms with E-state index in [0.29, 0.717) is 6.04 Å². The lowest BCUT2D eigenvalue weighted by molar-refractivity contribution is 0.103. The average Bonchev–Trinajstić information content (AvgIpc) is 2.45. The van der Waals surface area contributed by atoms with Crippen molar-refractivity contribution in [2.45, 2.75) is 51.2 Å². The monoisotopic (exact) mass is 339 g/mol. The zero-order valence-corrected chi connectivity index (χ0v) is 14.1. The summed E-state index contributed by atoms with van der Waals surface area (Å²) in [5.74, 6) is 0.790.